The van der Waals surface area contributed by atoms with Crippen LogP contribution in [0, 0.1) is 5.92 Å². The van der Waals surface area contributed by atoms with Crippen LogP contribution in [0.1, 0.15) is 32.3 Å². The number of benzene rings is 1. The smallest absolute Gasteiger partial charge is 0.309 e. The summed E-state index contributed by atoms with van der Waals surface area (Å²) < 4.78 is 11.0. The van der Waals surface area contributed by atoms with E-state index in [1.54, 1.807) is 0 Å². The Morgan fingerprint density at radius 3 is 2.63 bits per heavy atom. The summed E-state index contributed by atoms with van der Waals surface area (Å²) in [5.41, 5.74) is 1.11. The molecule has 0 aliphatic carbocycles. The van der Waals surface area contributed by atoms with Crippen LogP contribution in [-0.4, -0.2) is 75.2 Å². The Kier molecular flexibility index (Phi) is 12.8. The van der Waals surface area contributed by atoms with Crippen molar-refractivity contribution in [3.8, 4) is 5.75 Å². The Balaban J connectivity index is 0.00000450. The number of nitrogens with one attached hydrogen (secondary N) is 1. The van der Waals surface area contributed by atoms with E-state index in [-0.39, 0.29) is 35.9 Å². The molecular formula is C22H37IN4O3. The van der Waals surface area contributed by atoms with Crippen molar-refractivity contribution in [3.05, 3.63) is 29.8 Å². The van der Waals surface area contributed by atoms with Crippen molar-refractivity contribution in [1.82, 2.24) is 15.1 Å². The molecule has 1 aromatic rings. The van der Waals surface area contributed by atoms with Crippen LogP contribution < -0.4 is 10.1 Å². The summed E-state index contributed by atoms with van der Waals surface area (Å²) in [4.78, 5) is 21.1. The molecule has 0 radical (unpaired) electrons. The van der Waals surface area contributed by atoms with Gasteiger partial charge in [0.05, 0.1) is 19.1 Å². The van der Waals surface area contributed by atoms with Crippen LogP contribution in [-0.2, 0) is 16.1 Å². The molecule has 1 aliphatic heterocycles. The number of nitrogens with zero attached hydrogens (tertiary/aromatic N) is 3. The summed E-state index contributed by atoms with van der Waals surface area (Å²) >= 11 is 0. The molecule has 8 heteroatoms. The molecule has 7 nitrogen and oxygen atoms in total. The number of carbonyl (C=O) groups excluding carboxylic acids is 1. The summed E-state index contributed by atoms with van der Waals surface area (Å²) in [5.74, 6) is 1.71. The molecule has 30 heavy (non-hydrogen) atoms. The third kappa shape index (κ3) is 9.07. The average molecular weight is 532 g/mol. The minimum absolute atomic E-state index is 0. The third-order valence-electron chi connectivity index (χ3n) is 4.87. The van der Waals surface area contributed by atoms with Crippen LogP contribution >= 0.6 is 24.0 Å². The molecule has 0 aromatic heterocycles. The zero-order chi connectivity index (χ0) is 21.1. The first-order valence-electron chi connectivity index (χ1n) is 10.6. The second-order valence-corrected chi connectivity index (χ2v) is 7.48. The van der Waals surface area contributed by atoms with Crippen molar-refractivity contribution >= 4 is 35.9 Å². The minimum atomic E-state index is -0.0693. The first-order valence-corrected chi connectivity index (χ1v) is 10.6. The summed E-state index contributed by atoms with van der Waals surface area (Å²) in [7, 11) is 4.07. The van der Waals surface area contributed by atoms with Crippen LogP contribution in [0.3, 0.4) is 0 Å². The normalized spacial score (nSPS) is 15.0. The molecule has 1 saturated heterocycles. The van der Waals surface area contributed by atoms with Crippen LogP contribution in [0.4, 0.5) is 0 Å². The number of likely N-dealkylation sites (N-methyl/N-ethyl adjacent to an activating group) is 1. The molecule has 0 spiro atoms. The lowest BCUT2D eigenvalue weighted by molar-refractivity contribution is -0.149. The number of ether oxygens (including phenoxy) is 2. The van der Waals surface area contributed by atoms with E-state index in [1.807, 2.05) is 33.2 Å². The predicted octanol–water partition coefficient (Wildman–Crippen LogP) is 2.99. The third-order valence-corrected chi connectivity index (χ3v) is 4.87. The Hall–Kier alpha value is -1.55. The largest absolute Gasteiger partial charge is 0.492 e. The zero-order valence-electron chi connectivity index (χ0n) is 18.7. The number of hydrogen-bond donors (Lipinski definition) is 1. The summed E-state index contributed by atoms with van der Waals surface area (Å²) in [5, 5.41) is 3.38. The van der Waals surface area contributed by atoms with Crippen LogP contribution in [0.5, 0.6) is 5.75 Å². The molecule has 0 atom stereocenters. The second-order valence-electron chi connectivity index (χ2n) is 7.48. The first-order chi connectivity index (χ1) is 14.0. The molecule has 0 unspecified atom stereocenters. The number of piperidine rings is 1. The number of rotatable bonds is 9. The molecule has 1 heterocycles. The molecule has 170 valence electrons. The fourth-order valence-electron chi connectivity index (χ4n) is 3.26. The number of esters is 1. The lowest BCUT2D eigenvalue weighted by atomic mass is 9.97. The lowest BCUT2D eigenvalue weighted by Gasteiger charge is -2.33. The summed E-state index contributed by atoms with van der Waals surface area (Å²) in [6.45, 7) is 8.93. The maximum Gasteiger partial charge on any atom is 0.309 e. The van der Waals surface area contributed by atoms with Gasteiger partial charge in [0, 0.05) is 26.2 Å². The highest BCUT2D eigenvalue weighted by atomic mass is 127. The van der Waals surface area contributed by atoms with Gasteiger partial charge < -0.3 is 24.6 Å². The van der Waals surface area contributed by atoms with Crippen molar-refractivity contribution in [2.45, 2.75) is 33.2 Å². The Morgan fingerprint density at radius 1 is 1.27 bits per heavy atom. The molecule has 1 N–H and O–H groups in total. The molecule has 0 amide bonds. The van der Waals surface area contributed by atoms with Crippen LogP contribution in [0.2, 0.25) is 0 Å². The van der Waals surface area contributed by atoms with Gasteiger partial charge in [-0.2, -0.15) is 0 Å². The van der Waals surface area contributed by atoms with Gasteiger partial charge in [0.25, 0.3) is 0 Å². The molecule has 1 aromatic carbocycles. The van der Waals surface area contributed by atoms with Gasteiger partial charge >= 0.3 is 5.97 Å². The number of likely N-dealkylation sites (tertiary alicyclic amines) is 1. The van der Waals surface area contributed by atoms with Gasteiger partial charge in [-0.1, -0.05) is 12.1 Å². The molecule has 0 saturated carbocycles. The maximum atomic E-state index is 12.0. The summed E-state index contributed by atoms with van der Waals surface area (Å²) in [6, 6.07) is 8.11. The zero-order valence-corrected chi connectivity index (χ0v) is 21.1. The molecule has 2 rings (SSSR count). The van der Waals surface area contributed by atoms with E-state index in [0.29, 0.717) is 19.8 Å². The van der Waals surface area contributed by atoms with E-state index in [0.717, 1.165) is 56.3 Å². The Labute approximate surface area is 198 Å². The minimum Gasteiger partial charge on any atom is -0.492 e. The SMILES string of the molecule is CCNC(=NCc1cccc(OCCN(C)C)c1)N1CCC(C(=O)OCC)CC1.I. The van der Waals surface area contributed by atoms with Gasteiger partial charge in [-0.15, -0.1) is 24.0 Å². The number of hydrogen-bond acceptors (Lipinski definition) is 5. The van der Waals surface area contributed by atoms with Crippen molar-refractivity contribution in [3.63, 3.8) is 0 Å². The van der Waals surface area contributed by atoms with Crippen LogP contribution in [0.15, 0.2) is 29.3 Å². The van der Waals surface area contributed by atoms with E-state index in [2.05, 4.69) is 34.2 Å². The Morgan fingerprint density at radius 2 is 2.00 bits per heavy atom. The second kappa shape index (κ2) is 14.5. The standard InChI is InChI=1S/C22H36N4O3.HI/c1-5-23-22(26-12-10-19(11-13-26)21(27)28-6-2)24-17-18-8-7-9-20(16-18)29-15-14-25(3)4;/h7-9,16,19H,5-6,10-15,17H2,1-4H3,(H,23,24);1H. The van der Waals surface area contributed by atoms with E-state index in [4.69, 9.17) is 14.5 Å². The topological polar surface area (TPSA) is 66.4 Å². The van der Waals surface area contributed by atoms with Gasteiger partial charge in [0.2, 0.25) is 0 Å². The number of carbonyl (C=O) groups is 1. The molecule has 0 bridgehead atoms. The number of guanidine groups is 1. The van der Waals surface area contributed by atoms with E-state index in [9.17, 15) is 4.79 Å². The van der Waals surface area contributed by atoms with Crippen LogP contribution in [0.25, 0.3) is 0 Å². The fourth-order valence-corrected chi connectivity index (χ4v) is 3.26. The van der Waals surface area contributed by atoms with E-state index < -0.39 is 0 Å². The van der Waals surface area contributed by atoms with Gasteiger partial charge in [0.1, 0.15) is 12.4 Å². The maximum absolute atomic E-state index is 12.0. The van der Waals surface area contributed by atoms with Crippen molar-refractivity contribution < 1.29 is 14.3 Å². The highest BCUT2D eigenvalue weighted by molar-refractivity contribution is 14.0. The predicted molar refractivity (Wildman–Crippen MR) is 132 cm³/mol. The lowest BCUT2D eigenvalue weighted by Crippen LogP contribution is -2.46. The molecular weight excluding hydrogens is 495 g/mol. The average Bonchev–Trinajstić information content (AvgIpc) is 2.71. The number of aliphatic imine (C=N–C) groups is 1. The van der Waals surface area contributed by atoms with E-state index in [1.165, 1.54) is 0 Å². The highest BCUT2D eigenvalue weighted by Crippen LogP contribution is 2.19. The molecule has 1 fully saturated rings. The van der Waals surface area contributed by atoms with Crippen molar-refractivity contribution in [1.29, 1.82) is 0 Å². The van der Waals surface area contributed by atoms with Gasteiger partial charge in [-0.3, -0.25) is 4.79 Å². The van der Waals surface area contributed by atoms with Gasteiger partial charge in [-0.05, 0) is 58.5 Å². The highest BCUT2D eigenvalue weighted by Gasteiger charge is 2.27. The quantitative estimate of drug-likeness (QED) is 0.228. The van der Waals surface area contributed by atoms with Crippen molar-refractivity contribution in [2.75, 3.05) is 53.5 Å². The molecule has 1 aliphatic rings. The van der Waals surface area contributed by atoms with Gasteiger partial charge in [-0.25, -0.2) is 4.99 Å². The fraction of sp³-hybridized carbons (Fsp3) is 0.636. The van der Waals surface area contributed by atoms with Crippen molar-refractivity contribution in [2.24, 2.45) is 10.9 Å². The van der Waals surface area contributed by atoms with Gasteiger partial charge in [0.15, 0.2) is 5.96 Å². The summed E-state index contributed by atoms with van der Waals surface area (Å²) in [6.07, 6.45) is 1.61. The van der Waals surface area contributed by atoms with E-state index >= 15 is 0 Å². The monoisotopic (exact) mass is 532 g/mol. The first kappa shape index (κ1) is 26.5. The number of halogens is 1. The Bertz CT molecular complexity index is 662.